The maximum atomic E-state index is 13.3. The summed E-state index contributed by atoms with van der Waals surface area (Å²) >= 11 is 0. The topological polar surface area (TPSA) is 113 Å². The fourth-order valence-corrected chi connectivity index (χ4v) is 4.73. The molecule has 1 aromatic heterocycles. The number of nitrogens with one attached hydrogen (secondary N) is 2. The molecule has 1 saturated carbocycles. The first-order valence-corrected chi connectivity index (χ1v) is 11.8. The minimum absolute atomic E-state index is 0.0623. The van der Waals surface area contributed by atoms with Gasteiger partial charge in [0.25, 0.3) is 11.6 Å². The number of ether oxygens (including phenoxy) is 1. The quantitative estimate of drug-likeness (QED) is 0.274. The van der Waals surface area contributed by atoms with Crippen LogP contribution in [-0.2, 0) is 6.54 Å². The molecule has 0 radical (unpaired) electrons. The van der Waals surface area contributed by atoms with Crippen LogP contribution < -0.4 is 10.1 Å². The summed E-state index contributed by atoms with van der Waals surface area (Å²) in [5, 5.41) is 14.9. The van der Waals surface area contributed by atoms with Gasteiger partial charge < -0.3 is 19.9 Å². The molecule has 1 amide bonds. The van der Waals surface area contributed by atoms with E-state index in [9.17, 15) is 14.9 Å². The minimum Gasteiger partial charge on any atom is -0.481 e. The van der Waals surface area contributed by atoms with Crippen molar-refractivity contribution in [3.63, 3.8) is 0 Å². The number of aromatic amines is 1. The number of H-pyrrole nitrogens is 1. The lowest BCUT2D eigenvalue weighted by Gasteiger charge is -2.37. The van der Waals surface area contributed by atoms with Gasteiger partial charge in [-0.2, -0.15) is 0 Å². The van der Waals surface area contributed by atoms with Gasteiger partial charge in [-0.15, -0.1) is 6.42 Å². The molecule has 1 aliphatic carbocycles. The van der Waals surface area contributed by atoms with E-state index in [1.54, 1.807) is 12.1 Å². The number of hydrogen-bond acceptors (Lipinski definition) is 6. The van der Waals surface area contributed by atoms with E-state index >= 15 is 0 Å². The van der Waals surface area contributed by atoms with Crippen LogP contribution in [-0.4, -0.2) is 50.9 Å². The maximum Gasteiger partial charge on any atom is 0.297 e. The molecule has 0 aliphatic heterocycles. The number of para-hydroxylation sites is 1. The van der Waals surface area contributed by atoms with Gasteiger partial charge in [-0.1, -0.05) is 24.1 Å². The van der Waals surface area contributed by atoms with Gasteiger partial charge in [-0.05, 0) is 56.4 Å². The number of carbonyl (C=O) groups is 1. The lowest BCUT2D eigenvalue weighted by molar-refractivity contribution is -0.383. The van der Waals surface area contributed by atoms with Crippen LogP contribution in [0.4, 0.5) is 5.69 Å². The van der Waals surface area contributed by atoms with Gasteiger partial charge in [-0.3, -0.25) is 14.9 Å². The highest BCUT2D eigenvalue weighted by Gasteiger charge is 2.31. The van der Waals surface area contributed by atoms with Crippen LogP contribution in [0, 0.1) is 22.5 Å². The average Bonchev–Trinajstić information content (AvgIpc) is 3.32. The zero-order chi connectivity index (χ0) is 24.8. The van der Waals surface area contributed by atoms with Crippen molar-refractivity contribution in [3.05, 3.63) is 64.0 Å². The van der Waals surface area contributed by atoms with E-state index in [2.05, 4.69) is 21.2 Å². The Bertz CT molecular complexity index is 1250. The zero-order valence-corrected chi connectivity index (χ0v) is 19.7. The van der Waals surface area contributed by atoms with Crippen LogP contribution in [0.1, 0.15) is 48.8 Å². The number of hydrogen-bond donors (Lipinski definition) is 2. The van der Waals surface area contributed by atoms with Gasteiger partial charge in [0.05, 0.1) is 10.4 Å². The van der Waals surface area contributed by atoms with Gasteiger partial charge in [0, 0.05) is 31.2 Å². The maximum absolute atomic E-state index is 13.3. The van der Waals surface area contributed by atoms with E-state index in [-0.39, 0.29) is 41.6 Å². The van der Waals surface area contributed by atoms with Gasteiger partial charge in [0.2, 0.25) is 0 Å². The van der Waals surface area contributed by atoms with Crippen LogP contribution in [0.2, 0.25) is 0 Å². The number of nitro groups is 1. The molecule has 0 saturated heterocycles. The highest BCUT2D eigenvalue weighted by molar-refractivity contribution is 5.96. The van der Waals surface area contributed by atoms with E-state index in [1.165, 1.54) is 6.07 Å². The lowest BCUT2D eigenvalue weighted by atomic mass is 9.89. The molecule has 0 bridgehead atoms. The highest BCUT2D eigenvalue weighted by Crippen LogP contribution is 2.27. The third kappa shape index (κ3) is 5.61. The number of carbonyl (C=O) groups excluding carboxylic acids is 1. The molecule has 1 fully saturated rings. The number of benzene rings is 2. The Hall–Kier alpha value is -3.90. The number of amides is 1. The van der Waals surface area contributed by atoms with Crippen molar-refractivity contribution in [2.24, 2.45) is 0 Å². The first-order valence-electron chi connectivity index (χ1n) is 11.8. The van der Waals surface area contributed by atoms with Crippen molar-refractivity contribution in [1.82, 2.24) is 20.2 Å². The first-order chi connectivity index (χ1) is 17.0. The van der Waals surface area contributed by atoms with Crippen LogP contribution >= 0.6 is 0 Å². The summed E-state index contributed by atoms with van der Waals surface area (Å²) in [5.74, 6) is 3.12. The van der Waals surface area contributed by atoms with Crippen molar-refractivity contribution in [2.45, 2.75) is 51.2 Å². The molecular weight excluding hydrogens is 446 g/mol. The Kier molecular flexibility index (Phi) is 7.63. The van der Waals surface area contributed by atoms with E-state index in [1.807, 2.05) is 36.1 Å². The Morgan fingerprint density at radius 1 is 1.34 bits per heavy atom. The molecule has 182 valence electrons. The van der Waals surface area contributed by atoms with Crippen molar-refractivity contribution in [1.29, 1.82) is 0 Å². The average molecular weight is 476 g/mol. The van der Waals surface area contributed by atoms with E-state index < -0.39 is 4.92 Å². The van der Waals surface area contributed by atoms with Crippen molar-refractivity contribution >= 4 is 22.6 Å². The predicted octanol–water partition coefficient (Wildman–Crippen LogP) is 4.05. The second kappa shape index (κ2) is 11.0. The van der Waals surface area contributed by atoms with Gasteiger partial charge in [0.1, 0.15) is 12.4 Å². The second-order valence-electron chi connectivity index (χ2n) is 8.65. The van der Waals surface area contributed by atoms with Gasteiger partial charge in [0.15, 0.2) is 11.3 Å². The normalized spacial score (nSPS) is 17.6. The van der Waals surface area contributed by atoms with Gasteiger partial charge in [-0.25, -0.2) is 4.98 Å². The number of rotatable bonds is 9. The van der Waals surface area contributed by atoms with E-state index in [0.29, 0.717) is 18.6 Å². The lowest BCUT2D eigenvalue weighted by Crippen LogP contribution is -2.47. The first kappa shape index (κ1) is 24.2. The Labute approximate surface area is 204 Å². The molecule has 2 atom stereocenters. The predicted molar refractivity (Wildman–Crippen MR) is 133 cm³/mol. The number of nitrogens with zero attached hydrogens (tertiary/aromatic N) is 3. The number of nitro benzene ring substituents is 1. The molecule has 2 N–H and O–H groups in total. The standard InChI is InChI=1S/C26H29N5O4/c1-3-14-35-21-11-5-8-18(15-21)17-27-19-9-6-10-20(16-19)30(4-2)26(32)25-28-22-12-7-13-23(31(33)34)24(22)29-25/h1,5,7-8,11-13,15,19-20,27H,4,6,9-10,14,16-17H2,2H3,(H,28,29)/t19-,20+/m1/s1. The van der Waals surface area contributed by atoms with Crippen molar-refractivity contribution < 1.29 is 14.5 Å². The van der Waals surface area contributed by atoms with E-state index in [0.717, 1.165) is 37.0 Å². The Morgan fingerprint density at radius 3 is 2.94 bits per heavy atom. The molecule has 4 rings (SSSR count). The molecule has 1 heterocycles. The highest BCUT2D eigenvalue weighted by atomic mass is 16.6. The molecule has 9 nitrogen and oxygen atoms in total. The smallest absolute Gasteiger partial charge is 0.297 e. The Balaban J connectivity index is 1.42. The summed E-state index contributed by atoms with van der Waals surface area (Å²) in [6.07, 6.45) is 9.04. The minimum atomic E-state index is -0.483. The summed E-state index contributed by atoms with van der Waals surface area (Å²) in [4.78, 5) is 33.3. The third-order valence-corrected chi connectivity index (χ3v) is 6.40. The Morgan fingerprint density at radius 2 is 2.17 bits per heavy atom. The number of fused-ring (bicyclic) bond motifs is 1. The second-order valence-corrected chi connectivity index (χ2v) is 8.65. The van der Waals surface area contributed by atoms with Crippen LogP contribution in [0.3, 0.4) is 0 Å². The third-order valence-electron chi connectivity index (χ3n) is 6.40. The van der Waals surface area contributed by atoms with Gasteiger partial charge >= 0.3 is 0 Å². The fourth-order valence-electron chi connectivity index (χ4n) is 4.73. The molecule has 35 heavy (non-hydrogen) atoms. The number of imidazole rings is 1. The summed E-state index contributed by atoms with van der Waals surface area (Å²) in [7, 11) is 0. The van der Waals surface area contributed by atoms with Crippen LogP contribution in [0.25, 0.3) is 11.0 Å². The molecule has 0 spiro atoms. The molecule has 1 aliphatic rings. The van der Waals surface area contributed by atoms with Crippen molar-refractivity contribution in [3.8, 4) is 18.1 Å². The largest absolute Gasteiger partial charge is 0.481 e. The SMILES string of the molecule is C#CCOc1cccc(CN[C@@H]2CCC[C@H](N(CC)C(=O)c3nc4c([N+](=O)[O-])cccc4[nH]3)C2)c1. The molecule has 0 unspecified atom stereocenters. The number of terminal acetylenes is 1. The van der Waals surface area contributed by atoms with Crippen LogP contribution in [0.5, 0.6) is 5.75 Å². The number of non-ortho nitro benzene ring substituents is 1. The number of aromatic nitrogens is 2. The molecule has 3 aromatic rings. The fraction of sp³-hybridized carbons (Fsp3) is 0.385. The molecule has 2 aromatic carbocycles. The van der Waals surface area contributed by atoms with Crippen molar-refractivity contribution in [2.75, 3.05) is 13.2 Å². The molecular formula is C26H29N5O4. The summed E-state index contributed by atoms with van der Waals surface area (Å²) < 4.78 is 5.51. The van der Waals surface area contributed by atoms with Crippen LogP contribution in [0.15, 0.2) is 42.5 Å². The summed E-state index contributed by atoms with van der Waals surface area (Å²) in [5.41, 5.74) is 1.68. The van der Waals surface area contributed by atoms with E-state index in [4.69, 9.17) is 11.2 Å². The zero-order valence-electron chi connectivity index (χ0n) is 19.7. The molecule has 9 heteroatoms. The monoisotopic (exact) mass is 475 g/mol. The summed E-state index contributed by atoms with van der Waals surface area (Å²) in [6, 6.07) is 12.8. The summed E-state index contributed by atoms with van der Waals surface area (Å²) in [6.45, 7) is 3.41.